The zero-order valence-corrected chi connectivity index (χ0v) is 12.0. The van der Waals surface area contributed by atoms with E-state index >= 15 is 0 Å². The van der Waals surface area contributed by atoms with E-state index in [0.29, 0.717) is 17.3 Å². The number of aryl methyl sites for hydroxylation is 1. The lowest BCUT2D eigenvalue weighted by Crippen LogP contribution is -2.31. The van der Waals surface area contributed by atoms with Crippen molar-refractivity contribution in [3.63, 3.8) is 0 Å². The molecule has 0 spiro atoms. The van der Waals surface area contributed by atoms with E-state index in [0.717, 1.165) is 31.5 Å². The smallest absolute Gasteiger partial charge is 0.230 e. The second-order valence-electron chi connectivity index (χ2n) is 5.33. The summed E-state index contributed by atoms with van der Waals surface area (Å²) in [5.74, 6) is 1.06. The van der Waals surface area contributed by atoms with E-state index in [9.17, 15) is 4.39 Å². The lowest BCUT2D eigenvalue weighted by Gasteiger charge is -2.26. The van der Waals surface area contributed by atoms with Gasteiger partial charge in [0.05, 0.1) is 0 Å². The predicted molar refractivity (Wildman–Crippen MR) is 80.4 cm³/mol. The van der Waals surface area contributed by atoms with Crippen LogP contribution in [0.5, 0.6) is 0 Å². The third kappa shape index (κ3) is 2.94. The van der Waals surface area contributed by atoms with Crippen LogP contribution in [0.3, 0.4) is 0 Å². The van der Waals surface area contributed by atoms with Crippen molar-refractivity contribution < 1.29 is 4.39 Å². The molecule has 0 unspecified atom stereocenters. The van der Waals surface area contributed by atoms with E-state index in [1.807, 2.05) is 0 Å². The number of anilines is 2. The summed E-state index contributed by atoms with van der Waals surface area (Å²) in [6, 6.07) is 4.81. The fraction of sp³-hybridized carbons (Fsp3) is 0.400. The van der Waals surface area contributed by atoms with Gasteiger partial charge in [-0.2, -0.15) is 15.0 Å². The molecular formula is C15H18FN5. The molecule has 6 heteroatoms. The average Bonchev–Trinajstić information content (AvgIpc) is 2.50. The lowest BCUT2D eigenvalue weighted by molar-refractivity contribution is 0.568. The highest BCUT2D eigenvalue weighted by Gasteiger charge is 2.16. The summed E-state index contributed by atoms with van der Waals surface area (Å²) < 4.78 is 13.4. The molecule has 5 nitrogen and oxygen atoms in total. The van der Waals surface area contributed by atoms with Crippen LogP contribution in [0.2, 0.25) is 0 Å². The van der Waals surface area contributed by atoms with Gasteiger partial charge < -0.3 is 10.6 Å². The molecule has 1 fully saturated rings. The molecule has 0 atom stereocenters. The number of hydrogen-bond acceptors (Lipinski definition) is 5. The molecule has 110 valence electrons. The Labute approximate surface area is 123 Å². The average molecular weight is 287 g/mol. The number of nitrogen functional groups attached to an aromatic ring is 1. The summed E-state index contributed by atoms with van der Waals surface area (Å²) in [4.78, 5) is 15.0. The van der Waals surface area contributed by atoms with Crippen LogP contribution >= 0.6 is 0 Å². The highest BCUT2D eigenvalue weighted by atomic mass is 19.1. The normalized spacial score (nSPS) is 15.2. The van der Waals surface area contributed by atoms with Crippen LogP contribution in [0.25, 0.3) is 11.4 Å². The van der Waals surface area contributed by atoms with Gasteiger partial charge in [0.15, 0.2) is 5.82 Å². The van der Waals surface area contributed by atoms with E-state index in [1.54, 1.807) is 19.1 Å². The molecule has 0 radical (unpaired) electrons. The molecule has 0 bridgehead atoms. The topological polar surface area (TPSA) is 67.9 Å². The van der Waals surface area contributed by atoms with E-state index in [4.69, 9.17) is 5.73 Å². The SMILES string of the molecule is Cc1cc(-c2nc(N)nc(N3CCCCC3)n2)ccc1F. The van der Waals surface area contributed by atoms with Gasteiger partial charge in [-0.1, -0.05) is 0 Å². The maximum absolute atomic E-state index is 13.4. The molecule has 2 heterocycles. The maximum Gasteiger partial charge on any atom is 0.230 e. The summed E-state index contributed by atoms with van der Waals surface area (Å²) in [6.45, 7) is 3.59. The van der Waals surface area contributed by atoms with Crippen LogP contribution in [0.15, 0.2) is 18.2 Å². The maximum atomic E-state index is 13.4. The number of benzene rings is 1. The number of rotatable bonds is 2. The van der Waals surface area contributed by atoms with E-state index in [1.165, 1.54) is 12.5 Å². The van der Waals surface area contributed by atoms with Crippen molar-refractivity contribution in [1.29, 1.82) is 0 Å². The first kappa shape index (κ1) is 13.7. The van der Waals surface area contributed by atoms with E-state index < -0.39 is 0 Å². The zero-order valence-electron chi connectivity index (χ0n) is 12.0. The van der Waals surface area contributed by atoms with Crippen molar-refractivity contribution >= 4 is 11.9 Å². The molecular weight excluding hydrogens is 269 g/mol. The third-order valence-electron chi connectivity index (χ3n) is 3.70. The Balaban J connectivity index is 1.98. The number of aromatic nitrogens is 3. The third-order valence-corrected chi connectivity index (χ3v) is 3.70. The molecule has 0 amide bonds. The Kier molecular flexibility index (Phi) is 3.68. The molecule has 0 saturated carbocycles. The fourth-order valence-corrected chi connectivity index (χ4v) is 2.53. The number of piperidine rings is 1. The van der Waals surface area contributed by atoms with Crippen molar-refractivity contribution in [2.75, 3.05) is 23.7 Å². The Morgan fingerprint density at radius 1 is 1.10 bits per heavy atom. The minimum absolute atomic E-state index is 0.197. The summed E-state index contributed by atoms with van der Waals surface area (Å²) in [6.07, 6.45) is 3.51. The summed E-state index contributed by atoms with van der Waals surface area (Å²) in [5, 5.41) is 0. The molecule has 1 aromatic heterocycles. The fourth-order valence-electron chi connectivity index (χ4n) is 2.53. The van der Waals surface area contributed by atoms with Crippen LogP contribution in [0, 0.1) is 12.7 Å². The largest absolute Gasteiger partial charge is 0.368 e. The molecule has 2 aromatic rings. The number of nitrogens with zero attached hydrogens (tertiary/aromatic N) is 4. The molecule has 0 aliphatic carbocycles. The first-order chi connectivity index (χ1) is 10.1. The first-order valence-corrected chi connectivity index (χ1v) is 7.16. The van der Waals surface area contributed by atoms with E-state index in [2.05, 4.69) is 19.9 Å². The number of nitrogens with two attached hydrogens (primary N) is 1. The van der Waals surface area contributed by atoms with E-state index in [-0.39, 0.29) is 11.8 Å². The first-order valence-electron chi connectivity index (χ1n) is 7.16. The van der Waals surface area contributed by atoms with Gasteiger partial charge in [0.25, 0.3) is 0 Å². The highest BCUT2D eigenvalue weighted by molar-refractivity contribution is 5.59. The lowest BCUT2D eigenvalue weighted by atomic mass is 10.1. The van der Waals surface area contributed by atoms with Crippen molar-refractivity contribution in [3.05, 3.63) is 29.6 Å². The van der Waals surface area contributed by atoms with Gasteiger partial charge in [-0.05, 0) is 49.9 Å². The molecule has 1 aliphatic rings. The second kappa shape index (κ2) is 5.63. The Morgan fingerprint density at radius 2 is 1.86 bits per heavy atom. The highest BCUT2D eigenvalue weighted by Crippen LogP contribution is 2.22. The van der Waals surface area contributed by atoms with Gasteiger partial charge in [0, 0.05) is 18.7 Å². The minimum atomic E-state index is -0.239. The minimum Gasteiger partial charge on any atom is -0.368 e. The standard InChI is InChI=1S/C15H18FN5/c1-10-9-11(5-6-12(10)16)13-18-14(17)20-15(19-13)21-7-3-2-4-8-21/h5-6,9H,2-4,7-8H2,1H3,(H2,17,18,19,20). The molecule has 1 aliphatic heterocycles. The van der Waals surface area contributed by atoms with Gasteiger partial charge in [-0.25, -0.2) is 4.39 Å². The Morgan fingerprint density at radius 3 is 2.57 bits per heavy atom. The molecule has 21 heavy (non-hydrogen) atoms. The van der Waals surface area contributed by atoms with Crippen molar-refractivity contribution in [2.45, 2.75) is 26.2 Å². The predicted octanol–water partition coefficient (Wildman–Crippen LogP) is 2.56. The summed E-state index contributed by atoms with van der Waals surface area (Å²) in [7, 11) is 0. The second-order valence-corrected chi connectivity index (χ2v) is 5.33. The molecule has 1 aromatic carbocycles. The number of hydrogen-bond donors (Lipinski definition) is 1. The Hall–Kier alpha value is -2.24. The van der Waals surface area contributed by atoms with Crippen molar-refractivity contribution in [3.8, 4) is 11.4 Å². The van der Waals surface area contributed by atoms with Gasteiger partial charge >= 0.3 is 0 Å². The van der Waals surface area contributed by atoms with Crippen molar-refractivity contribution in [1.82, 2.24) is 15.0 Å². The van der Waals surface area contributed by atoms with Crippen LogP contribution in [-0.4, -0.2) is 28.0 Å². The molecule has 2 N–H and O–H groups in total. The Bertz CT molecular complexity index is 653. The van der Waals surface area contributed by atoms with Crippen LogP contribution in [0.4, 0.5) is 16.3 Å². The van der Waals surface area contributed by atoms with Crippen LogP contribution < -0.4 is 10.6 Å². The quantitative estimate of drug-likeness (QED) is 0.919. The zero-order chi connectivity index (χ0) is 14.8. The van der Waals surface area contributed by atoms with Gasteiger partial charge in [-0.15, -0.1) is 0 Å². The number of halogens is 1. The monoisotopic (exact) mass is 287 g/mol. The van der Waals surface area contributed by atoms with Crippen LogP contribution in [0.1, 0.15) is 24.8 Å². The van der Waals surface area contributed by atoms with Gasteiger partial charge in [0.1, 0.15) is 5.82 Å². The van der Waals surface area contributed by atoms with Crippen molar-refractivity contribution in [2.24, 2.45) is 0 Å². The summed E-state index contributed by atoms with van der Waals surface area (Å²) in [5.41, 5.74) is 7.12. The molecule has 1 saturated heterocycles. The van der Waals surface area contributed by atoms with Crippen LogP contribution in [-0.2, 0) is 0 Å². The summed E-state index contributed by atoms with van der Waals surface area (Å²) >= 11 is 0. The van der Waals surface area contributed by atoms with Gasteiger partial charge in [0.2, 0.25) is 11.9 Å². The van der Waals surface area contributed by atoms with Gasteiger partial charge in [-0.3, -0.25) is 0 Å². The molecule has 3 rings (SSSR count).